The molecule has 0 aromatic heterocycles. The molecule has 1 aliphatic heterocycles. The number of hydrogen-bond donors (Lipinski definition) is 1. The minimum Gasteiger partial charge on any atom is -0.368 e. The van der Waals surface area contributed by atoms with Crippen molar-refractivity contribution in [1.29, 1.82) is 0 Å². The molecule has 2 aromatic rings. The van der Waals surface area contributed by atoms with Gasteiger partial charge in [-0.15, -0.1) is 0 Å². The van der Waals surface area contributed by atoms with Gasteiger partial charge < -0.3 is 15.1 Å². The van der Waals surface area contributed by atoms with Crippen molar-refractivity contribution in [2.24, 2.45) is 5.92 Å². The number of benzene rings is 2. The number of nitrogens with one attached hydrogen (secondary N) is 1. The lowest BCUT2D eigenvalue weighted by atomic mass is 10.0. The number of nitrogens with zero attached hydrogens (tertiary/aromatic N) is 2. The van der Waals surface area contributed by atoms with Crippen LogP contribution in [-0.2, 0) is 9.59 Å². The van der Waals surface area contributed by atoms with Crippen molar-refractivity contribution in [3.8, 4) is 0 Å². The van der Waals surface area contributed by atoms with E-state index in [2.05, 4.69) is 10.2 Å². The van der Waals surface area contributed by atoms with Gasteiger partial charge in [0.25, 0.3) is 0 Å². The maximum Gasteiger partial charge on any atom is 0.222 e. The third kappa shape index (κ3) is 6.05. The first kappa shape index (κ1) is 21.8. The number of rotatable bonds is 7. The van der Waals surface area contributed by atoms with E-state index in [1.54, 1.807) is 12.1 Å². The summed E-state index contributed by atoms with van der Waals surface area (Å²) in [6.07, 6.45) is 0.697. The Bertz CT molecular complexity index is 833. The Labute approximate surface area is 177 Å². The van der Waals surface area contributed by atoms with Gasteiger partial charge in [0, 0.05) is 44.7 Å². The van der Waals surface area contributed by atoms with Crippen LogP contribution in [0.4, 0.5) is 10.1 Å². The summed E-state index contributed by atoms with van der Waals surface area (Å²) in [5.74, 6) is -0.211. The third-order valence-corrected chi connectivity index (χ3v) is 5.56. The van der Waals surface area contributed by atoms with E-state index in [0.29, 0.717) is 25.9 Å². The summed E-state index contributed by atoms with van der Waals surface area (Å²) in [4.78, 5) is 29.0. The summed E-state index contributed by atoms with van der Waals surface area (Å²) < 4.78 is 13.1. The van der Waals surface area contributed by atoms with Gasteiger partial charge in [-0.1, -0.05) is 37.3 Å². The summed E-state index contributed by atoms with van der Waals surface area (Å²) in [7, 11) is 0. The minimum absolute atomic E-state index is 0.0180. The lowest BCUT2D eigenvalue weighted by molar-refractivity contribution is -0.132. The maximum absolute atomic E-state index is 13.1. The first-order valence-electron chi connectivity index (χ1n) is 10.5. The van der Waals surface area contributed by atoms with Crippen molar-refractivity contribution < 1.29 is 14.0 Å². The molecule has 3 rings (SSSR count). The van der Waals surface area contributed by atoms with Gasteiger partial charge in [0.15, 0.2) is 0 Å². The summed E-state index contributed by atoms with van der Waals surface area (Å²) in [5, 5.41) is 3.01. The highest BCUT2D eigenvalue weighted by Crippen LogP contribution is 2.19. The van der Waals surface area contributed by atoms with Crippen molar-refractivity contribution in [2.75, 3.05) is 31.1 Å². The third-order valence-electron chi connectivity index (χ3n) is 5.56. The standard InChI is InChI=1S/C24H30FN3O2/c1-18(16-23(29)26-19(2)20-6-4-3-5-7-20)17-24(30)28-14-12-27(13-15-28)22-10-8-21(25)9-11-22/h3-11,18-19H,12-17H2,1-2H3,(H,26,29). The van der Waals surface area contributed by atoms with E-state index in [9.17, 15) is 14.0 Å². The van der Waals surface area contributed by atoms with E-state index < -0.39 is 0 Å². The van der Waals surface area contributed by atoms with Crippen LogP contribution >= 0.6 is 0 Å². The van der Waals surface area contributed by atoms with Crippen LogP contribution in [0.5, 0.6) is 0 Å². The molecular weight excluding hydrogens is 381 g/mol. The number of anilines is 1. The predicted octanol–water partition coefficient (Wildman–Crippen LogP) is 3.77. The van der Waals surface area contributed by atoms with Gasteiger partial charge >= 0.3 is 0 Å². The molecule has 1 aliphatic rings. The summed E-state index contributed by atoms with van der Waals surface area (Å²) in [5.41, 5.74) is 2.04. The molecule has 0 spiro atoms. The second-order valence-electron chi connectivity index (χ2n) is 8.06. The monoisotopic (exact) mass is 411 g/mol. The Hall–Kier alpha value is -2.89. The topological polar surface area (TPSA) is 52.7 Å². The molecule has 2 unspecified atom stereocenters. The minimum atomic E-state index is -0.247. The molecule has 2 amide bonds. The van der Waals surface area contributed by atoms with E-state index in [0.717, 1.165) is 24.3 Å². The van der Waals surface area contributed by atoms with Crippen molar-refractivity contribution >= 4 is 17.5 Å². The van der Waals surface area contributed by atoms with E-state index in [1.807, 2.05) is 49.1 Å². The molecule has 160 valence electrons. The maximum atomic E-state index is 13.1. The number of piperazine rings is 1. The molecule has 1 fully saturated rings. The Kier molecular flexibility index (Phi) is 7.44. The smallest absolute Gasteiger partial charge is 0.222 e. The van der Waals surface area contributed by atoms with Gasteiger partial charge in [0.05, 0.1) is 6.04 Å². The molecule has 1 heterocycles. The number of carbonyl (C=O) groups excluding carboxylic acids is 2. The van der Waals surface area contributed by atoms with Crippen LogP contribution in [0.2, 0.25) is 0 Å². The average molecular weight is 412 g/mol. The van der Waals surface area contributed by atoms with Crippen molar-refractivity contribution in [3.63, 3.8) is 0 Å². The molecule has 1 N–H and O–H groups in total. The van der Waals surface area contributed by atoms with E-state index in [-0.39, 0.29) is 29.6 Å². The second kappa shape index (κ2) is 10.2. The highest BCUT2D eigenvalue weighted by Gasteiger charge is 2.23. The highest BCUT2D eigenvalue weighted by atomic mass is 19.1. The van der Waals surface area contributed by atoms with Crippen LogP contribution in [0.25, 0.3) is 0 Å². The zero-order chi connectivity index (χ0) is 21.5. The zero-order valence-electron chi connectivity index (χ0n) is 17.7. The summed E-state index contributed by atoms with van der Waals surface area (Å²) in [6, 6.07) is 16.2. The van der Waals surface area contributed by atoms with Crippen LogP contribution in [0, 0.1) is 11.7 Å². The Balaban J connectivity index is 1.41. The number of halogens is 1. The zero-order valence-corrected chi connectivity index (χ0v) is 17.7. The lowest BCUT2D eigenvalue weighted by Crippen LogP contribution is -2.49. The average Bonchev–Trinajstić information content (AvgIpc) is 2.74. The van der Waals surface area contributed by atoms with Crippen LogP contribution in [-0.4, -0.2) is 42.9 Å². The van der Waals surface area contributed by atoms with Crippen LogP contribution in [0.1, 0.15) is 38.3 Å². The van der Waals surface area contributed by atoms with Crippen LogP contribution in [0.15, 0.2) is 54.6 Å². The van der Waals surface area contributed by atoms with Gasteiger partial charge in [-0.2, -0.15) is 0 Å². The van der Waals surface area contributed by atoms with E-state index in [4.69, 9.17) is 0 Å². The molecule has 5 nitrogen and oxygen atoms in total. The first-order chi connectivity index (χ1) is 14.4. The van der Waals surface area contributed by atoms with E-state index in [1.165, 1.54) is 12.1 Å². The Morgan fingerprint density at radius 1 is 0.933 bits per heavy atom. The molecule has 2 aromatic carbocycles. The SMILES string of the molecule is CC(CC(=O)NC(C)c1ccccc1)CC(=O)N1CCN(c2ccc(F)cc2)CC1. The summed E-state index contributed by atoms with van der Waals surface area (Å²) >= 11 is 0. The van der Waals surface area contributed by atoms with Gasteiger partial charge in [-0.3, -0.25) is 9.59 Å². The van der Waals surface area contributed by atoms with Gasteiger partial charge in [0.2, 0.25) is 11.8 Å². The highest BCUT2D eigenvalue weighted by molar-refractivity contribution is 5.80. The molecule has 30 heavy (non-hydrogen) atoms. The normalized spacial score (nSPS) is 16.1. The molecule has 0 saturated carbocycles. The van der Waals surface area contributed by atoms with Crippen molar-refractivity contribution in [1.82, 2.24) is 10.2 Å². The lowest BCUT2D eigenvalue weighted by Gasteiger charge is -2.36. The number of hydrogen-bond acceptors (Lipinski definition) is 3. The largest absolute Gasteiger partial charge is 0.368 e. The van der Waals surface area contributed by atoms with Crippen molar-refractivity contribution in [2.45, 2.75) is 32.7 Å². The van der Waals surface area contributed by atoms with Crippen LogP contribution < -0.4 is 10.2 Å². The fraction of sp³-hybridized carbons (Fsp3) is 0.417. The fourth-order valence-electron chi connectivity index (χ4n) is 3.81. The van der Waals surface area contributed by atoms with Gasteiger partial charge in [-0.05, 0) is 42.7 Å². The number of carbonyl (C=O) groups is 2. The second-order valence-corrected chi connectivity index (χ2v) is 8.06. The Morgan fingerprint density at radius 2 is 1.57 bits per heavy atom. The fourth-order valence-corrected chi connectivity index (χ4v) is 3.81. The summed E-state index contributed by atoms with van der Waals surface area (Å²) in [6.45, 7) is 6.63. The molecule has 0 radical (unpaired) electrons. The Morgan fingerprint density at radius 3 is 2.20 bits per heavy atom. The molecule has 1 saturated heterocycles. The van der Waals surface area contributed by atoms with Gasteiger partial charge in [0.1, 0.15) is 5.82 Å². The van der Waals surface area contributed by atoms with Crippen LogP contribution in [0.3, 0.4) is 0 Å². The molecule has 6 heteroatoms. The van der Waals surface area contributed by atoms with E-state index >= 15 is 0 Å². The molecule has 0 bridgehead atoms. The molecule has 0 aliphatic carbocycles. The van der Waals surface area contributed by atoms with Gasteiger partial charge in [-0.25, -0.2) is 4.39 Å². The molecular formula is C24H30FN3O2. The number of amides is 2. The molecule has 2 atom stereocenters. The first-order valence-corrected chi connectivity index (χ1v) is 10.5. The predicted molar refractivity (Wildman–Crippen MR) is 117 cm³/mol. The van der Waals surface area contributed by atoms with Crippen molar-refractivity contribution in [3.05, 3.63) is 66.0 Å². The quantitative estimate of drug-likeness (QED) is 0.755.